The van der Waals surface area contributed by atoms with Crippen LogP contribution in [0.1, 0.15) is 33.6 Å². The molecule has 92 valence electrons. The molecule has 16 heavy (non-hydrogen) atoms. The third kappa shape index (κ3) is 3.17. The molecule has 0 aliphatic heterocycles. The van der Waals surface area contributed by atoms with Crippen molar-refractivity contribution in [3.63, 3.8) is 0 Å². The zero-order valence-electron chi connectivity index (χ0n) is 10.3. The van der Waals surface area contributed by atoms with E-state index in [1.54, 1.807) is 13.0 Å². The van der Waals surface area contributed by atoms with Gasteiger partial charge in [0.1, 0.15) is 0 Å². The molecule has 0 spiro atoms. The lowest BCUT2D eigenvalue weighted by Gasteiger charge is -2.36. The molecule has 3 heteroatoms. The Labute approximate surface area is 97.1 Å². The molecule has 0 amide bonds. The van der Waals surface area contributed by atoms with Gasteiger partial charge in [-0.1, -0.05) is 26.0 Å². The van der Waals surface area contributed by atoms with E-state index in [-0.39, 0.29) is 18.1 Å². The Hall–Kier alpha value is -0.640. The van der Waals surface area contributed by atoms with E-state index in [0.29, 0.717) is 12.8 Å². The third-order valence-corrected chi connectivity index (χ3v) is 3.07. The van der Waals surface area contributed by atoms with Crippen LogP contribution in [-0.2, 0) is 0 Å². The van der Waals surface area contributed by atoms with Gasteiger partial charge < -0.3 is 15.3 Å². The molecule has 0 saturated carbocycles. The minimum Gasteiger partial charge on any atom is -0.393 e. The molecule has 0 saturated heterocycles. The monoisotopic (exact) mass is 226 g/mol. The molecule has 1 aliphatic carbocycles. The number of aliphatic hydroxyl groups is 3. The van der Waals surface area contributed by atoms with Crippen LogP contribution in [0.15, 0.2) is 23.3 Å². The summed E-state index contributed by atoms with van der Waals surface area (Å²) < 4.78 is 0. The smallest absolute Gasteiger partial charge is 0.0695 e. The molecule has 0 aromatic heterocycles. The fourth-order valence-electron chi connectivity index (χ4n) is 2.37. The maximum absolute atomic E-state index is 9.72. The van der Waals surface area contributed by atoms with Gasteiger partial charge in [0.25, 0.3) is 0 Å². The topological polar surface area (TPSA) is 60.7 Å². The zero-order valence-corrected chi connectivity index (χ0v) is 10.3. The lowest BCUT2D eigenvalue weighted by atomic mass is 9.71. The molecule has 0 heterocycles. The average Bonchev–Trinajstić information content (AvgIpc) is 2.13. The minimum atomic E-state index is -0.491. The van der Waals surface area contributed by atoms with Crippen LogP contribution >= 0.6 is 0 Å². The summed E-state index contributed by atoms with van der Waals surface area (Å²) >= 11 is 0. The Kier molecular flexibility index (Phi) is 4.30. The van der Waals surface area contributed by atoms with Crippen LogP contribution < -0.4 is 0 Å². The summed E-state index contributed by atoms with van der Waals surface area (Å²) in [6.07, 6.45) is 3.94. The van der Waals surface area contributed by atoms with Crippen molar-refractivity contribution < 1.29 is 15.3 Å². The van der Waals surface area contributed by atoms with Gasteiger partial charge in [-0.2, -0.15) is 0 Å². The van der Waals surface area contributed by atoms with Crippen molar-refractivity contribution in [2.75, 3.05) is 6.61 Å². The Morgan fingerprint density at radius 2 is 2.12 bits per heavy atom. The summed E-state index contributed by atoms with van der Waals surface area (Å²) in [5.41, 5.74) is 1.77. The van der Waals surface area contributed by atoms with Crippen molar-refractivity contribution in [3.8, 4) is 0 Å². The van der Waals surface area contributed by atoms with Gasteiger partial charge in [-0.3, -0.25) is 0 Å². The Bertz CT molecular complexity index is 300. The van der Waals surface area contributed by atoms with E-state index in [2.05, 4.69) is 0 Å². The number of hydrogen-bond acceptors (Lipinski definition) is 3. The third-order valence-electron chi connectivity index (χ3n) is 3.07. The van der Waals surface area contributed by atoms with Gasteiger partial charge in [0.05, 0.1) is 18.8 Å². The summed E-state index contributed by atoms with van der Waals surface area (Å²) in [4.78, 5) is 0. The van der Waals surface area contributed by atoms with Crippen LogP contribution in [0.2, 0.25) is 0 Å². The summed E-state index contributed by atoms with van der Waals surface area (Å²) in [6.45, 7) is 5.76. The molecule has 0 aromatic rings. The van der Waals surface area contributed by atoms with Gasteiger partial charge in [0.2, 0.25) is 0 Å². The quantitative estimate of drug-likeness (QED) is 0.681. The normalized spacial score (nSPS) is 27.5. The number of allylic oxidation sites excluding steroid dienone is 2. The molecule has 2 atom stereocenters. The van der Waals surface area contributed by atoms with Crippen LogP contribution in [-0.4, -0.2) is 34.1 Å². The van der Waals surface area contributed by atoms with Gasteiger partial charge >= 0.3 is 0 Å². The lowest BCUT2D eigenvalue weighted by molar-refractivity contribution is 0.110. The van der Waals surface area contributed by atoms with Crippen LogP contribution in [0.4, 0.5) is 0 Å². The Morgan fingerprint density at radius 3 is 2.62 bits per heavy atom. The van der Waals surface area contributed by atoms with Gasteiger partial charge in [-0.05, 0) is 36.3 Å². The van der Waals surface area contributed by atoms with Crippen molar-refractivity contribution in [1.82, 2.24) is 0 Å². The van der Waals surface area contributed by atoms with E-state index in [0.717, 1.165) is 11.1 Å². The van der Waals surface area contributed by atoms with E-state index in [9.17, 15) is 15.3 Å². The Balaban J connectivity index is 3.05. The maximum Gasteiger partial charge on any atom is 0.0695 e. The number of aliphatic hydroxyl groups excluding tert-OH is 3. The van der Waals surface area contributed by atoms with Gasteiger partial charge in [-0.25, -0.2) is 0 Å². The predicted molar refractivity (Wildman–Crippen MR) is 64.0 cm³/mol. The van der Waals surface area contributed by atoms with Crippen molar-refractivity contribution in [2.45, 2.75) is 45.8 Å². The van der Waals surface area contributed by atoms with E-state index < -0.39 is 6.10 Å². The van der Waals surface area contributed by atoms with E-state index in [1.807, 2.05) is 19.9 Å². The minimum absolute atomic E-state index is 0.0278. The van der Waals surface area contributed by atoms with E-state index >= 15 is 0 Å². The molecule has 0 bridgehead atoms. The first kappa shape index (κ1) is 13.4. The molecule has 0 radical (unpaired) electrons. The summed E-state index contributed by atoms with van der Waals surface area (Å²) in [5, 5.41) is 28.3. The molecular formula is C13H22O3. The SMILES string of the molecule is C[C@H](O)C=CC1=C(CO)C[C@@H](O)CC1(C)C. The molecule has 1 rings (SSSR count). The standard InChI is InChI=1S/C13H22O3/c1-9(15)4-5-12-10(8-14)6-11(16)7-13(12,2)3/h4-5,9,11,14-16H,6-8H2,1-3H3/t9-,11+/m0/s1. The summed E-state index contributed by atoms with van der Waals surface area (Å²) in [6, 6.07) is 0. The van der Waals surface area contributed by atoms with Crippen molar-refractivity contribution in [3.05, 3.63) is 23.3 Å². The molecule has 1 aliphatic rings. The molecule has 0 aromatic carbocycles. The highest BCUT2D eigenvalue weighted by molar-refractivity contribution is 5.35. The zero-order chi connectivity index (χ0) is 12.3. The van der Waals surface area contributed by atoms with Gasteiger partial charge in [0, 0.05) is 0 Å². The van der Waals surface area contributed by atoms with Crippen LogP contribution in [0.25, 0.3) is 0 Å². The first-order chi connectivity index (χ1) is 7.36. The largest absolute Gasteiger partial charge is 0.393 e. The predicted octanol–water partition coefficient (Wildman–Crippen LogP) is 1.39. The van der Waals surface area contributed by atoms with Crippen LogP contribution in [0.3, 0.4) is 0 Å². The fraction of sp³-hybridized carbons (Fsp3) is 0.692. The van der Waals surface area contributed by atoms with E-state index in [1.165, 1.54) is 0 Å². The van der Waals surface area contributed by atoms with E-state index in [4.69, 9.17) is 0 Å². The highest BCUT2D eigenvalue weighted by Crippen LogP contribution is 2.40. The van der Waals surface area contributed by atoms with Crippen molar-refractivity contribution >= 4 is 0 Å². The summed E-state index contributed by atoms with van der Waals surface area (Å²) in [7, 11) is 0. The Morgan fingerprint density at radius 1 is 1.50 bits per heavy atom. The molecule has 3 nitrogen and oxygen atoms in total. The van der Waals surface area contributed by atoms with Crippen LogP contribution in [0, 0.1) is 5.41 Å². The second kappa shape index (κ2) is 5.13. The molecular weight excluding hydrogens is 204 g/mol. The van der Waals surface area contributed by atoms with Crippen molar-refractivity contribution in [1.29, 1.82) is 0 Å². The van der Waals surface area contributed by atoms with Crippen molar-refractivity contribution in [2.24, 2.45) is 5.41 Å². The molecule has 3 N–H and O–H groups in total. The molecule has 0 unspecified atom stereocenters. The van der Waals surface area contributed by atoms with Crippen LogP contribution in [0.5, 0.6) is 0 Å². The fourth-order valence-corrected chi connectivity index (χ4v) is 2.37. The lowest BCUT2D eigenvalue weighted by Crippen LogP contribution is -2.30. The van der Waals surface area contributed by atoms with Gasteiger partial charge in [-0.15, -0.1) is 0 Å². The van der Waals surface area contributed by atoms with Gasteiger partial charge in [0.15, 0.2) is 0 Å². The molecule has 0 fully saturated rings. The highest BCUT2D eigenvalue weighted by Gasteiger charge is 2.32. The number of hydrogen-bond donors (Lipinski definition) is 3. The average molecular weight is 226 g/mol. The highest BCUT2D eigenvalue weighted by atomic mass is 16.3. The second-order valence-corrected chi connectivity index (χ2v) is 5.22. The summed E-state index contributed by atoms with van der Waals surface area (Å²) in [5.74, 6) is 0. The first-order valence-corrected chi connectivity index (χ1v) is 5.74. The maximum atomic E-state index is 9.72. The first-order valence-electron chi connectivity index (χ1n) is 5.74. The second-order valence-electron chi connectivity index (χ2n) is 5.22. The number of rotatable bonds is 3.